The van der Waals surface area contributed by atoms with Crippen molar-refractivity contribution in [1.82, 2.24) is 15.3 Å². The Hall–Kier alpha value is -3.82. The van der Waals surface area contributed by atoms with Crippen molar-refractivity contribution in [2.24, 2.45) is 0 Å². The van der Waals surface area contributed by atoms with Crippen molar-refractivity contribution in [1.29, 1.82) is 0 Å². The normalized spacial score (nSPS) is 11.7. The zero-order valence-electron chi connectivity index (χ0n) is 19.7. The minimum atomic E-state index is -1.18. The van der Waals surface area contributed by atoms with Gasteiger partial charge in [-0.1, -0.05) is 53.6 Å². The quantitative estimate of drug-likeness (QED) is 0.382. The highest BCUT2D eigenvalue weighted by Gasteiger charge is 2.22. The topological polar surface area (TPSA) is 114 Å². The molecule has 0 aliphatic rings. The molecule has 3 rings (SSSR count). The van der Waals surface area contributed by atoms with E-state index in [0.29, 0.717) is 17.7 Å². The van der Waals surface area contributed by atoms with Crippen molar-refractivity contribution in [3.05, 3.63) is 75.8 Å². The summed E-state index contributed by atoms with van der Waals surface area (Å²) >= 11 is 12.1. The molecule has 2 N–H and O–H groups in total. The summed E-state index contributed by atoms with van der Waals surface area (Å²) in [5.74, 6) is -0.689. The molecule has 9 nitrogen and oxygen atoms in total. The fourth-order valence-corrected chi connectivity index (χ4v) is 3.75. The van der Waals surface area contributed by atoms with Gasteiger partial charge < -0.3 is 24.8 Å². The summed E-state index contributed by atoms with van der Waals surface area (Å²) in [6.07, 6.45) is 3.49. The van der Waals surface area contributed by atoms with E-state index in [4.69, 9.17) is 32.7 Å². The molecule has 1 amide bonds. The minimum absolute atomic E-state index is 0.0356. The van der Waals surface area contributed by atoms with Crippen molar-refractivity contribution < 1.29 is 24.2 Å². The lowest BCUT2D eigenvalue weighted by atomic mass is 10.1. The third-order valence-electron chi connectivity index (χ3n) is 5.14. The molecule has 0 bridgehead atoms. The first-order chi connectivity index (χ1) is 17.2. The van der Waals surface area contributed by atoms with E-state index in [1.165, 1.54) is 26.4 Å². The van der Waals surface area contributed by atoms with Crippen LogP contribution in [0.15, 0.2) is 54.6 Å². The molecule has 0 fully saturated rings. The van der Waals surface area contributed by atoms with Crippen molar-refractivity contribution in [3.63, 3.8) is 0 Å². The lowest BCUT2D eigenvalue weighted by Gasteiger charge is -2.18. The highest BCUT2D eigenvalue weighted by atomic mass is 35.5. The van der Waals surface area contributed by atoms with Crippen LogP contribution in [0.1, 0.15) is 22.3 Å². The van der Waals surface area contributed by atoms with Gasteiger partial charge in [-0.2, -0.15) is 9.97 Å². The summed E-state index contributed by atoms with van der Waals surface area (Å²) in [6.45, 7) is 0. The molecule has 1 aromatic heterocycles. The van der Waals surface area contributed by atoms with Crippen molar-refractivity contribution >= 4 is 52.8 Å². The number of carbonyl (C=O) groups is 2. The van der Waals surface area contributed by atoms with Crippen LogP contribution in [0, 0.1) is 0 Å². The molecule has 0 saturated heterocycles. The Morgan fingerprint density at radius 2 is 1.64 bits per heavy atom. The molecule has 188 valence electrons. The second-order valence-corrected chi connectivity index (χ2v) is 8.32. The second-order valence-electron chi connectivity index (χ2n) is 7.50. The van der Waals surface area contributed by atoms with Crippen LogP contribution in [0.3, 0.4) is 0 Å². The van der Waals surface area contributed by atoms with Gasteiger partial charge in [-0.05, 0) is 36.2 Å². The van der Waals surface area contributed by atoms with E-state index < -0.39 is 17.9 Å². The molecule has 1 heterocycles. The average molecular weight is 531 g/mol. The third-order valence-corrected chi connectivity index (χ3v) is 5.77. The van der Waals surface area contributed by atoms with Gasteiger partial charge in [0.05, 0.1) is 35.9 Å². The number of benzene rings is 2. The number of carboxylic acids is 1. The smallest absolute Gasteiger partial charge is 0.326 e. The molecule has 11 heteroatoms. The van der Waals surface area contributed by atoms with Crippen molar-refractivity contribution in [2.75, 3.05) is 26.2 Å². The molecule has 0 spiro atoms. The van der Waals surface area contributed by atoms with Gasteiger partial charge in [0.25, 0.3) is 5.91 Å². The standard InChI is InChI=1S/C25H24Cl2N4O5/c1-31(25-29-20(35-2)14-21(30-25)36-3)16-12-10-15(11-13-16)6-4-9-19(24(33)34)28-23(32)22-17(26)7-5-8-18(22)27/h4-8,10-14,19H,9H2,1-3H3,(H,28,32)(H,33,34)/b6-4+. The predicted molar refractivity (Wildman–Crippen MR) is 139 cm³/mol. The molecule has 36 heavy (non-hydrogen) atoms. The second kappa shape index (κ2) is 12.2. The number of ether oxygens (including phenoxy) is 2. The summed E-state index contributed by atoms with van der Waals surface area (Å²) in [4.78, 5) is 34.6. The lowest BCUT2D eigenvalue weighted by Crippen LogP contribution is -2.40. The minimum Gasteiger partial charge on any atom is -0.481 e. The molecular weight excluding hydrogens is 507 g/mol. The van der Waals surface area contributed by atoms with E-state index in [9.17, 15) is 14.7 Å². The number of nitrogens with zero attached hydrogens (tertiary/aromatic N) is 3. The maximum atomic E-state index is 12.5. The molecular formula is C25H24Cl2N4O5. The zero-order valence-corrected chi connectivity index (χ0v) is 21.2. The summed E-state index contributed by atoms with van der Waals surface area (Å²) in [6, 6.07) is 12.5. The number of nitrogens with one attached hydrogen (secondary N) is 1. The number of anilines is 2. The maximum Gasteiger partial charge on any atom is 0.326 e. The third kappa shape index (κ3) is 6.65. The number of carbonyl (C=O) groups excluding carboxylic acids is 1. The SMILES string of the molecule is COc1cc(OC)nc(N(C)c2ccc(/C=C/CC(NC(=O)c3c(Cl)cccc3Cl)C(=O)O)cc2)n1. The molecule has 0 aliphatic carbocycles. The van der Waals surface area contributed by atoms with Crippen LogP contribution in [-0.4, -0.2) is 54.3 Å². The molecule has 1 unspecified atom stereocenters. The van der Waals surface area contributed by atoms with Crippen LogP contribution in [0.4, 0.5) is 11.6 Å². The van der Waals surface area contributed by atoms with Gasteiger partial charge in [0.1, 0.15) is 6.04 Å². The van der Waals surface area contributed by atoms with Gasteiger partial charge in [-0.3, -0.25) is 4.79 Å². The average Bonchev–Trinajstić information content (AvgIpc) is 2.87. The first-order valence-corrected chi connectivity index (χ1v) is 11.4. The Morgan fingerprint density at radius 3 is 2.17 bits per heavy atom. The zero-order chi connectivity index (χ0) is 26.2. The van der Waals surface area contributed by atoms with Crippen LogP contribution in [-0.2, 0) is 4.79 Å². The lowest BCUT2D eigenvalue weighted by molar-refractivity contribution is -0.139. The highest BCUT2D eigenvalue weighted by Crippen LogP contribution is 2.26. The van der Waals surface area contributed by atoms with Crippen LogP contribution < -0.4 is 19.7 Å². The summed E-state index contributed by atoms with van der Waals surface area (Å²) in [5.41, 5.74) is 1.68. The molecule has 0 saturated carbocycles. The summed E-state index contributed by atoms with van der Waals surface area (Å²) in [5, 5.41) is 12.3. The van der Waals surface area contributed by atoms with E-state index in [2.05, 4.69) is 15.3 Å². The molecule has 0 aliphatic heterocycles. The molecule has 3 aromatic rings. The van der Waals surface area contributed by atoms with Gasteiger partial charge in [0.2, 0.25) is 17.7 Å². The number of amides is 1. The monoisotopic (exact) mass is 530 g/mol. The first-order valence-electron chi connectivity index (χ1n) is 10.7. The van der Waals surface area contributed by atoms with Gasteiger partial charge in [-0.15, -0.1) is 0 Å². The number of halogens is 2. The number of rotatable bonds is 10. The Morgan fingerprint density at radius 1 is 1.06 bits per heavy atom. The van der Waals surface area contributed by atoms with E-state index >= 15 is 0 Å². The number of hydrogen-bond acceptors (Lipinski definition) is 7. The fraction of sp³-hybridized carbons (Fsp3) is 0.200. The molecule has 0 radical (unpaired) electrons. The highest BCUT2D eigenvalue weighted by molar-refractivity contribution is 6.39. The van der Waals surface area contributed by atoms with Crippen LogP contribution in [0.25, 0.3) is 6.08 Å². The number of aromatic nitrogens is 2. The first kappa shape index (κ1) is 26.8. The van der Waals surface area contributed by atoms with Crippen LogP contribution in [0.5, 0.6) is 11.8 Å². The fourth-order valence-electron chi connectivity index (χ4n) is 3.18. The Kier molecular flexibility index (Phi) is 9.10. The Labute approximate surface area is 218 Å². The Balaban J connectivity index is 1.67. The van der Waals surface area contributed by atoms with Gasteiger partial charge >= 0.3 is 5.97 Å². The van der Waals surface area contributed by atoms with Crippen LogP contribution in [0.2, 0.25) is 10.0 Å². The number of hydrogen-bond donors (Lipinski definition) is 2. The van der Waals surface area contributed by atoms with E-state index in [1.807, 2.05) is 31.3 Å². The van der Waals surface area contributed by atoms with Crippen molar-refractivity contribution in [3.8, 4) is 11.8 Å². The van der Waals surface area contributed by atoms with Crippen molar-refractivity contribution in [2.45, 2.75) is 12.5 Å². The van der Waals surface area contributed by atoms with Gasteiger partial charge in [0, 0.05) is 12.7 Å². The van der Waals surface area contributed by atoms with E-state index in [1.54, 1.807) is 29.2 Å². The predicted octanol–water partition coefficient (Wildman–Crippen LogP) is 4.86. The van der Waals surface area contributed by atoms with Gasteiger partial charge in [-0.25, -0.2) is 4.79 Å². The number of methoxy groups -OCH3 is 2. The molecule has 2 aromatic carbocycles. The molecule has 1 atom stereocenters. The summed E-state index contributed by atoms with van der Waals surface area (Å²) in [7, 11) is 4.84. The number of aliphatic carboxylic acids is 1. The van der Waals surface area contributed by atoms with E-state index in [-0.39, 0.29) is 22.0 Å². The number of carboxylic acid groups (broad SMARTS) is 1. The largest absolute Gasteiger partial charge is 0.481 e. The Bertz CT molecular complexity index is 1230. The van der Waals surface area contributed by atoms with Crippen LogP contribution >= 0.6 is 23.2 Å². The summed E-state index contributed by atoms with van der Waals surface area (Å²) < 4.78 is 10.4. The van der Waals surface area contributed by atoms with Gasteiger partial charge in [0.15, 0.2) is 0 Å². The van der Waals surface area contributed by atoms with E-state index in [0.717, 1.165) is 11.3 Å². The maximum absolute atomic E-state index is 12.5.